The minimum Gasteiger partial charge on any atom is -0.192 e. The standard InChI is InChI=1S/C15H19NS/c1-11-4-3-5-14(8-11)17-15-7-6-13(10-16)9-12(15)2/h6-7,9,11,14H,3-5,8H2,1-2H3. The van der Waals surface area contributed by atoms with E-state index >= 15 is 0 Å². The molecule has 0 aliphatic heterocycles. The van der Waals surface area contributed by atoms with Crippen molar-refractivity contribution in [3.8, 4) is 6.07 Å². The number of thioether (sulfide) groups is 1. The van der Waals surface area contributed by atoms with Crippen LogP contribution in [0.3, 0.4) is 0 Å². The second kappa shape index (κ2) is 5.60. The molecule has 0 N–H and O–H groups in total. The van der Waals surface area contributed by atoms with Gasteiger partial charge in [-0.25, -0.2) is 0 Å². The molecule has 0 bridgehead atoms. The van der Waals surface area contributed by atoms with E-state index in [2.05, 4.69) is 26.0 Å². The summed E-state index contributed by atoms with van der Waals surface area (Å²) in [7, 11) is 0. The summed E-state index contributed by atoms with van der Waals surface area (Å²) in [6.07, 6.45) is 5.44. The SMILES string of the molecule is Cc1cc(C#N)ccc1SC1CCCC(C)C1. The fourth-order valence-electron chi connectivity index (χ4n) is 2.52. The van der Waals surface area contributed by atoms with Crippen molar-refractivity contribution in [3.63, 3.8) is 0 Å². The van der Waals surface area contributed by atoms with Gasteiger partial charge in [-0.05, 0) is 49.4 Å². The molecule has 1 aromatic rings. The van der Waals surface area contributed by atoms with Gasteiger partial charge in [0, 0.05) is 10.1 Å². The molecule has 1 aliphatic carbocycles. The molecule has 0 saturated heterocycles. The molecule has 1 saturated carbocycles. The van der Waals surface area contributed by atoms with Crippen LogP contribution in [0.4, 0.5) is 0 Å². The first-order chi connectivity index (χ1) is 8.19. The van der Waals surface area contributed by atoms with Crippen molar-refractivity contribution in [1.82, 2.24) is 0 Å². The lowest BCUT2D eigenvalue weighted by Gasteiger charge is -2.26. The van der Waals surface area contributed by atoms with Crippen molar-refractivity contribution in [3.05, 3.63) is 29.3 Å². The van der Waals surface area contributed by atoms with Crippen LogP contribution >= 0.6 is 11.8 Å². The van der Waals surface area contributed by atoms with Gasteiger partial charge in [0.1, 0.15) is 0 Å². The largest absolute Gasteiger partial charge is 0.192 e. The molecule has 2 rings (SSSR count). The predicted octanol–water partition coefficient (Wildman–Crippen LogP) is 4.54. The Kier molecular flexibility index (Phi) is 4.12. The number of rotatable bonds is 2. The Labute approximate surface area is 108 Å². The molecular weight excluding hydrogens is 226 g/mol. The number of aryl methyl sites for hydroxylation is 1. The summed E-state index contributed by atoms with van der Waals surface area (Å²) in [5.41, 5.74) is 2.01. The lowest BCUT2D eigenvalue weighted by molar-refractivity contribution is 0.394. The van der Waals surface area contributed by atoms with Gasteiger partial charge < -0.3 is 0 Å². The molecule has 17 heavy (non-hydrogen) atoms. The van der Waals surface area contributed by atoms with Crippen LogP contribution in [-0.2, 0) is 0 Å². The first-order valence-electron chi connectivity index (χ1n) is 6.36. The summed E-state index contributed by atoms with van der Waals surface area (Å²) < 4.78 is 0. The highest BCUT2D eigenvalue weighted by atomic mass is 32.2. The highest BCUT2D eigenvalue weighted by Crippen LogP contribution is 2.37. The number of nitrogens with zero attached hydrogens (tertiary/aromatic N) is 1. The van der Waals surface area contributed by atoms with E-state index in [4.69, 9.17) is 5.26 Å². The number of hydrogen-bond donors (Lipinski definition) is 0. The van der Waals surface area contributed by atoms with E-state index in [1.165, 1.54) is 36.1 Å². The van der Waals surface area contributed by atoms with E-state index in [0.717, 1.165) is 16.7 Å². The molecule has 0 aromatic heterocycles. The summed E-state index contributed by atoms with van der Waals surface area (Å²) >= 11 is 2.00. The van der Waals surface area contributed by atoms with Gasteiger partial charge in [0.05, 0.1) is 11.6 Å². The van der Waals surface area contributed by atoms with Gasteiger partial charge in [-0.15, -0.1) is 11.8 Å². The molecule has 0 radical (unpaired) electrons. The lowest BCUT2D eigenvalue weighted by Crippen LogP contribution is -2.15. The van der Waals surface area contributed by atoms with Gasteiger partial charge in [-0.1, -0.05) is 19.8 Å². The molecule has 0 amide bonds. The van der Waals surface area contributed by atoms with Crippen molar-refractivity contribution in [2.75, 3.05) is 0 Å². The maximum atomic E-state index is 8.85. The van der Waals surface area contributed by atoms with E-state index in [9.17, 15) is 0 Å². The topological polar surface area (TPSA) is 23.8 Å². The van der Waals surface area contributed by atoms with Crippen molar-refractivity contribution >= 4 is 11.8 Å². The van der Waals surface area contributed by atoms with Crippen LogP contribution in [0.1, 0.15) is 43.7 Å². The number of nitriles is 1. The van der Waals surface area contributed by atoms with Crippen molar-refractivity contribution in [1.29, 1.82) is 5.26 Å². The normalized spacial score (nSPS) is 24.3. The van der Waals surface area contributed by atoms with Crippen LogP contribution in [0.5, 0.6) is 0 Å². The van der Waals surface area contributed by atoms with Crippen LogP contribution in [0, 0.1) is 24.2 Å². The second-order valence-corrected chi connectivity index (χ2v) is 6.45. The first-order valence-corrected chi connectivity index (χ1v) is 7.24. The van der Waals surface area contributed by atoms with Crippen LogP contribution < -0.4 is 0 Å². The highest BCUT2D eigenvalue weighted by Gasteiger charge is 2.20. The molecule has 1 fully saturated rings. The Balaban J connectivity index is 2.06. The monoisotopic (exact) mass is 245 g/mol. The Morgan fingerprint density at radius 1 is 1.35 bits per heavy atom. The van der Waals surface area contributed by atoms with Crippen LogP contribution in [-0.4, -0.2) is 5.25 Å². The van der Waals surface area contributed by atoms with Crippen LogP contribution in [0.25, 0.3) is 0 Å². The molecule has 0 spiro atoms. The van der Waals surface area contributed by atoms with E-state index in [1.54, 1.807) is 0 Å². The zero-order valence-corrected chi connectivity index (χ0v) is 11.4. The molecule has 2 atom stereocenters. The van der Waals surface area contributed by atoms with Gasteiger partial charge in [0.2, 0.25) is 0 Å². The Morgan fingerprint density at radius 3 is 2.82 bits per heavy atom. The number of benzene rings is 1. The fraction of sp³-hybridized carbons (Fsp3) is 0.533. The van der Waals surface area contributed by atoms with E-state index in [-0.39, 0.29) is 0 Å². The van der Waals surface area contributed by atoms with Gasteiger partial charge in [0.15, 0.2) is 0 Å². The Hall–Kier alpha value is -0.940. The van der Waals surface area contributed by atoms with Crippen molar-refractivity contribution in [2.45, 2.75) is 49.7 Å². The molecule has 0 heterocycles. The summed E-state index contributed by atoms with van der Waals surface area (Å²) in [5, 5.41) is 9.62. The van der Waals surface area contributed by atoms with Gasteiger partial charge in [0.25, 0.3) is 0 Å². The average Bonchev–Trinajstić information content (AvgIpc) is 2.32. The van der Waals surface area contributed by atoms with Crippen molar-refractivity contribution in [2.24, 2.45) is 5.92 Å². The third-order valence-corrected chi connectivity index (χ3v) is 4.96. The summed E-state index contributed by atoms with van der Waals surface area (Å²) in [6, 6.07) is 8.23. The fourth-order valence-corrected chi connectivity index (χ4v) is 3.98. The Bertz CT molecular complexity index is 433. The zero-order chi connectivity index (χ0) is 12.3. The summed E-state index contributed by atoms with van der Waals surface area (Å²) in [4.78, 5) is 1.35. The molecule has 90 valence electrons. The van der Waals surface area contributed by atoms with Gasteiger partial charge >= 0.3 is 0 Å². The summed E-state index contributed by atoms with van der Waals surface area (Å²) in [6.45, 7) is 4.47. The van der Waals surface area contributed by atoms with Crippen LogP contribution in [0.15, 0.2) is 23.1 Å². The third-order valence-electron chi connectivity index (χ3n) is 3.49. The smallest absolute Gasteiger partial charge is 0.0991 e. The quantitative estimate of drug-likeness (QED) is 0.764. The van der Waals surface area contributed by atoms with E-state index in [1.807, 2.05) is 23.9 Å². The third kappa shape index (κ3) is 3.26. The minimum absolute atomic E-state index is 0.767. The Morgan fingerprint density at radius 2 is 2.18 bits per heavy atom. The maximum absolute atomic E-state index is 8.85. The maximum Gasteiger partial charge on any atom is 0.0991 e. The van der Waals surface area contributed by atoms with Gasteiger partial charge in [-0.2, -0.15) is 5.26 Å². The molecular formula is C15H19NS. The molecule has 1 nitrogen and oxygen atoms in total. The molecule has 1 aliphatic rings. The highest BCUT2D eigenvalue weighted by molar-refractivity contribution is 8.00. The second-order valence-electron chi connectivity index (χ2n) is 5.10. The lowest BCUT2D eigenvalue weighted by atomic mass is 9.91. The molecule has 1 aromatic carbocycles. The average molecular weight is 245 g/mol. The first kappa shape index (κ1) is 12.5. The summed E-state index contributed by atoms with van der Waals surface area (Å²) in [5.74, 6) is 0.875. The van der Waals surface area contributed by atoms with E-state index < -0.39 is 0 Å². The van der Waals surface area contributed by atoms with Crippen molar-refractivity contribution < 1.29 is 0 Å². The number of hydrogen-bond acceptors (Lipinski definition) is 2. The minimum atomic E-state index is 0.767. The van der Waals surface area contributed by atoms with Crippen LogP contribution in [0.2, 0.25) is 0 Å². The van der Waals surface area contributed by atoms with Gasteiger partial charge in [-0.3, -0.25) is 0 Å². The predicted molar refractivity (Wildman–Crippen MR) is 73.2 cm³/mol. The zero-order valence-electron chi connectivity index (χ0n) is 10.6. The van der Waals surface area contributed by atoms with E-state index in [0.29, 0.717) is 0 Å². The molecule has 2 unspecified atom stereocenters. The molecule has 2 heteroatoms.